The van der Waals surface area contributed by atoms with Gasteiger partial charge in [0.15, 0.2) is 0 Å². The lowest BCUT2D eigenvalue weighted by molar-refractivity contribution is 0.364. The first-order valence-electron chi connectivity index (χ1n) is 8.17. The zero-order chi connectivity index (χ0) is 15.7. The van der Waals surface area contributed by atoms with Crippen LogP contribution in [0.3, 0.4) is 0 Å². The Morgan fingerprint density at radius 2 is 1.90 bits per heavy atom. The molecular formula is C16H31BrN4. The molecule has 21 heavy (non-hydrogen) atoms. The minimum atomic E-state index is 0.0789. The van der Waals surface area contributed by atoms with Crippen LogP contribution in [-0.4, -0.2) is 35.3 Å². The van der Waals surface area contributed by atoms with Crippen molar-refractivity contribution in [2.24, 2.45) is 5.73 Å². The molecule has 0 saturated heterocycles. The minimum Gasteiger partial charge on any atom is -0.323 e. The maximum atomic E-state index is 6.38. The van der Waals surface area contributed by atoms with Gasteiger partial charge in [0.25, 0.3) is 0 Å². The van der Waals surface area contributed by atoms with Gasteiger partial charge in [-0.3, -0.25) is 4.68 Å². The molecule has 5 heteroatoms. The lowest BCUT2D eigenvalue weighted by atomic mass is 10.0. The summed E-state index contributed by atoms with van der Waals surface area (Å²) in [6, 6.07) is 0.0789. The van der Waals surface area contributed by atoms with Crippen molar-refractivity contribution in [2.45, 2.75) is 64.5 Å². The molecule has 1 heterocycles. The number of nitrogens with two attached hydrogens (primary N) is 1. The summed E-state index contributed by atoms with van der Waals surface area (Å²) in [5.74, 6) is 0. The second-order valence-electron chi connectivity index (χ2n) is 6.07. The van der Waals surface area contributed by atoms with Crippen LogP contribution in [0.25, 0.3) is 0 Å². The van der Waals surface area contributed by atoms with E-state index < -0.39 is 0 Å². The largest absolute Gasteiger partial charge is 0.323 e. The molecule has 2 N–H and O–H groups in total. The Balaban J connectivity index is 2.41. The number of hydrogen-bond donors (Lipinski definition) is 1. The van der Waals surface area contributed by atoms with Crippen LogP contribution in [0.4, 0.5) is 0 Å². The highest BCUT2D eigenvalue weighted by Crippen LogP contribution is 2.25. The molecule has 122 valence electrons. The fourth-order valence-electron chi connectivity index (χ4n) is 2.49. The highest BCUT2D eigenvalue weighted by atomic mass is 79.9. The fourth-order valence-corrected chi connectivity index (χ4v) is 3.09. The van der Waals surface area contributed by atoms with Gasteiger partial charge in [0.2, 0.25) is 0 Å². The molecule has 0 fully saturated rings. The molecule has 0 aromatic carbocycles. The van der Waals surface area contributed by atoms with E-state index >= 15 is 0 Å². The zero-order valence-corrected chi connectivity index (χ0v) is 15.4. The first-order chi connectivity index (χ1) is 10.1. The molecule has 0 aliphatic carbocycles. The second-order valence-corrected chi connectivity index (χ2v) is 6.92. The highest BCUT2D eigenvalue weighted by molar-refractivity contribution is 9.10. The van der Waals surface area contributed by atoms with E-state index in [0.29, 0.717) is 0 Å². The quantitative estimate of drug-likeness (QED) is 0.609. The summed E-state index contributed by atoms with van der Waals surface area (Å²) in [6.45, 7) is 4.12. The molecule has 0 spiro atoms. The van der Waals surface area contributed by atoms with E-state index in [1.54, 1.807) is 0 Å². The van der Waals surface area contributed by atoms with E-state index in [2.05, 4.69) is 46.9 Å². The Hall–Kier alpha value is -0.390. The maximum absolute atomic E-state index is 6.38. The van der Waals surface area contributed by atoms with Crippen molar-refractivity contribution in [2.75, 3.05) is 20.6 Å². The summed E-state index contributed by atoms with van der Waals surface area (Å²) in [5, 5.41) is 4.44. The fraction of sp³-hybridized carbons (Fsp3) is 0.812. The van der Waals surface area contributed by atoms with Gasteiger partial charge in [-0.05, 0) is 36.4 Å². The third-order valence-electron chi connectivity index (χ3n) is 3.81. The van der Waals surface area contributed by atoms with Crippen molar-refractivity contribution in [3.05, 3.63) is 16.4 Å². The second kappa shape index (κ2) is 10.4. The van der Waals surface area contributed by atoms with Crippen LogP contribution in [0.15, 0.2) is 10.7 Å². The Bertz CT molecular complexity index is 390. The van der Waals surface area contributed by atoms with Gasteiger partial charge in [0, 0.05) is 12.6 Å². The van der Waals surface area contributed by atoms with Crippen LogP contribution in [0.1, 0.15) is 63.6 Å². The molecule has 1 unspecified atom stereocenters. The number of nitrogens with zero attached hydrogens (tertiary/aromatic N) is 3. The molecule has 0 amide bonds. The molecule has 4 nitrogen and oxygen atoms in total. The predicted molar refractivity (Wildman–Crippen MR) is 93.4 cm³/mol. The van der Waals surface area contributed by atoms with E-state index in [9.17, 15) is 0 Å². The number of aromatic nitrogens is 2. The molecular weight excluding hydrogens is 328 g/mol. The van der Waals surface area contributed by atoms with E-state index in [-0.39, 0.29) is 6.04 Å². The van der Waals surface area contributed by atoms with E-state index in [0.717, 1.165) is 29.7 Å². The molecule has 1 rings (SSSR count). The predicted octanol–water partition coefficient (Wildman–Crippen LogP) is 3.96. The standard InChI is InChI=1S/C16H31BrN4/c1-4-5-6-7-8-9-10-15(18)16-14(17)13-19-21(16)12-11-20(2)3/h13,15H,4-12,18H2,1-3H3. The summed E-state index contributed by atoms with van der Waals surface area (Å²) in [5.41, 5.74) is 7.53. The Morgan fingerprint density at radius 3 is 2.57 bits per heavy atom. The van der Waals surface area contributed by atoms with Gasteiger partial charge in [-0.2, -0.15) is 5.10 Å². The Kier molecular flexibility index (Phi) is 9.20. The molecule has 0 aliphatic heterocycles. The smallest absolute Gasteiger partial charge is 0.0694 e. The number of halogens is 1. The van der Waals surface area contributed by atoms with Gasteiger partial charge < -0.3 is 10.6 Å². The molecule has 0 aliphatic rings. The van der Waals surface area contributed by atoms with Crippen molar-refractivity contribution >= 4 is 15.9 Å². The maximum Gasteiger partial charge on any atom is 0.0694 e. The molecule has 1 aromatic rings. The van der Waals surface area contributed by atoms with Crippen molar-refractivity contribution in [1.82, 2.24) is 14.7 Å². The summed E-state index contributed by atoms with van der Waals surface area (Å²) < 4.78 is 3.09. The number of hydrogen-bond acceptors (Lipinski definition) is 3. The number of rotatable bonds is 11. The third kappa shape index (κ3) is 6.94. The van der Waals surface area contributed by atoms with Crippen LogP contribution >= 0.6 is 15.9 Å². The normalized spacial score (nSPS) is 13.0. The monoisotopic (exact) mass is 358 g/mol. The molecule has 1 aromatic heterocycles. The molecule has 0 radical (unpaired) electrons. The van der Waals surface area contributed by atoms with Crippen LogP contribution in [0.2, 0.25) is 0 Å². The van der Waals surface area contributed by atoms with E-state index in [4.69, 9.17) is 5.73 Å². The molecule has 0 saturated carbocycles. The van der Waals surface area contributed by atoms with Crippen molar-refractivity contribution in [3.63, 3.8) is 0 Å². The van der Waals surface area contributed by atoms with Crippen molar-refractivity contribution < 1.29 is 0 Å². The van der Waals surface area contributed by atoms with E-state index in [1.807, 2.05) is 10.9 Å². The number of unbranched alkanes of at least 4 members (excludes halogenated alkanes) is 5. The lowest BCUT2D eigenvalue weighted by Crippen LogP contribution is -2.23. The van der Waals surface area contributed by atoms with Crippen LogP contribution < -0.4 is 5.73 Å². The zero-order valence-electron chi connectivity index (χ0n) is 13.8. The lowest BCUT2D eigenvalue weighted by Gasteiger charge is -2.17. The first kappa shape index (κ1) is 18.7. The van der Waals surface area contributed by atoms with Crippen molar-refractivity contribution in [1.29, 1.82) is 0 Å². The molecule has 1 atom stereocenters. The third-order valence-corrected chi connectivity index (χ3v) is 4.42. The summed E-state index contributed by atoms with van der Waals surface area (Å²) >= 11 is 3.59. The average molecular weight is 359 g/mol. The van der Waals surface area contributed by atoms with Gasteiger partial charge in [0.05, 0.1) is 22.9 Å². The topological polar surface area (TPSA) is 47.1 Å². The van der Waals surface area contributed by atoms with Gasteiger partial charge in [-0.15, -0.1) is 0 Å². The van der Waals surface area contributed by atoms with Gasteiger partial charge in [0.1, 0.15) is 0 Å². The van der Waals surface area contributed by atoms with Gasteiger partial charge in [-0.1, -0.05) is 45.4 Å². The first-order valence-corrected chi connectivity index (χ1v) is 8.97. The number of likely N-dealkylation sites (N-methyl/N-ethyl adjacent to an activating group) is 1. The minimum absolute atomic E-state index is 0.0789. The van der Waals surface area contributed by atoms with E-state index in [1.165, 1.54) is 38.5 Å². The average Bonchev–Trinajstić information content (AvgIpc) is 2.81. The summed E-state index contributed by atoms with van der Waals surface area (Å²) in [4.78, 5) is 2.17. The SMILES string of the molecule is CCCCCCCCC(N)c1c(Br)cnn1CCN(C)C. The Morgan fingerprint density at radius 1 is 1.24 bits per heavy atom. The summed E-state index contributed by atoms with van der Waals surface area (Å²) in [6.07, 6.45) is 10.8. The van der Waals surface area contributed by atoms with Crippen molar-refractivity contribution in [3.8, 4) is 0 Å². The highest BCUT2D eigenvalue weighted by Gasteiger charge is 2.16. The van der Waals surface area contributed by atoms with Gasteiger partial charge in [-0.25, -0.2) is 0 Å². The Labute approximate surface area is 138 Å². The van der Waals surface area contributed by atoms with Crippen LogP contribution in [0, 0.1) is 0 Å². The van der Waals surface area contributed by atoms with Gasteiger partial charge >= 0.3 is 0 Å². The van der Waals surface area contributed by atoms with Crippen LogP contribution in [-0.2, 0) is 6.54 Å². The summed E-state index contributed by atoms with van der Waals surface area (Å²) in [7, 11) is 4.16. The molecule has 0 bridgehead atoms. The van der Waals surface area contributed by atoms with Crippen LogP contribution in [0.5, 0.6) is 0 Å².